The molecule has 0 fully saturated rings. The van der Waals surface area contributed by atoms with Crippen LogP contribution in [-0.2, 0) is 13.1 Å². The summed E-state index contributed by atoms with van der Waals surface area (Å²) in [6, 6.07) is 14.2. The van der Waals surface area contributed by atoms with Crippen LogP contribution in [0.2, 0.25) is 0 Å². The number of hydrogen-bond acceptors (Lipinski definition) is 5. The highest BCUT2D eigenvalue weighted by Gasteiger charge is 2.21. The number of carbonyl (C=O) groups excluding carboxylic acids is 1. The maximum absolute atomic E-state index is 12.2. The molecule has 1 aromatic carbocycles. The van der Waals surface area contributed by atoms with E-state index in [0.29, 0.717) is 37.1 Å². The van der Waals surface area contributed by atoms with Gasteiger partial charge in [-0.05, 0) is 30.5 Å². The van der Waals surface area contributed by atoms with Gasteiger partial charge in [0.25, 0.3) is 5.91 Å². The molecular weight excluding hydrogens is 354 g/mol. The summed E-state index contributed by atoms with van der Waals surface area (Å²) in [6.07, 6.45) is 3.09. The van der Waals surface area contributed by atoms with Gasteiger partial charge in [0.05, 0.1) is 19.4 Å². The molecule has 2 heterocycles. The topological polar surface area (TPSA) is 71.5 Å². The van der Waals surface area contributed by atoms with Crippen LogP contribution in [0.25, 0.3) is 0 Å². The van der Waals surface area contributed by atoms with Crippen LogP contribution in [0.1, 0.15) is 54.5 Å². The Balaban J connectivity index is 1.73. The fraction of sp³-hybridized carbons (Fsp3) is 0.364. The molecule has 0 radical (unpaired) electrons. The lowest BCUT2D eigenvalue weighted by Crippen LogP contribution is -2.28. The van der Waals surface area contributed by atoms with E-state index in [1.807, 2.05) is 44.2 Å². The smallest absolute Gasteiger partial charge is 0.273 e. The molecule has 28 heavy (non-hydrogen) atoms. The Bertz CT molecular complexity index is 856. The number of benzene rings is 1. The van der Waals surface area contributed by atoms with E-state index in [1.165, 1.54) is 11.8 Å². The maximum Gasteiger partial charge on any atom is 0.273 e. The largest absolute Gasteiger partial charge is 0.468 e. The average Bonchev–Trinajstić information content (AvgIpc) is 3.38. The van der Waals surface area contributed by atoms with Gasteiger partial charge >= 0.3 is 0 Å². The zero-order chi connectivity index (χ0) is 19.9. The molecular formula is C22H27N3O3. The second-order valence-corrected chi connectivity index (χ2v) is 7.30. The molecule has 6 nitrogen and oxygen atoms in total. The molecule has 1 amide bonds. The summed E-state index contributed by atoms with van der Waals surface area (Å²) in [7, 11) is 0. The van der Waals surface area contributed by atoms with Gasteiger partial charge in [-0.15, -0.1) is 0 Å². The van der Waals surface area contributed by atoms with Gasteiger partial charge in [0, 0.05) is 12.6 Å². The number of oxazole rings is 1. The second-order valence-electron chi connectivity index (χ2n) is 7.30. The highest BCUT2D eigenvalue weighted by Crippen LogP contribution is 2.24. The van der Waals surface area contributed by atoms with Crippen molar-refractivity contribution in [2.75, 3.05) is 6.54 Å². The van der Waals surface area contributed by atoms with Crippen LogP contribution in [0, 0.1) is 5.92 Å². The molecule has 3 rings (SSSR count). The van der Waals surface area contributed by atoms with E-state index < -0.39 is 0 Å². The summed E-state index contributed by atoms with van der Waals surface area (Å²) < 4.78 is 11.1. The molecule has 0 saturated carbocycles. The summed E-state index contributed by atoms with van der Waals surface area (Å²) in [5, 5.41) is 2.86. The maximum atomic E-state index is 12.2. The lowest BCUT2D eigenvalue weighted by Gasteiger charge is -2.27. The number of nitrogens with one attached hydrogen (secondary N) is 1. The first kappa shape index (κ1) is 19.9. The summed E-state index contributed by atoms with van der Waals surface area (Å²) in [5.41, 5.74) is 1.50. The predicted octanol–water partition coefficient (Wildman–Crippen LogP) is 4.42. The minimum absolute atomic E-state index is 0.122. The number of carbonyl (C=O) groups is 1. The molecule has 6 heteroatoms. The predicted molar refractivity (Wildman–Crippen MR) is 106 cm³/mol. The fourth-order valence-electron chi connectivity index (χ4n) is 2.92. The molecule has 0 saturated heterocycles. The minimum atomic E-state index is -0.211. The van der Waals surface area contributed by atoms with E-state index in [9.17, 15) is 4.79 Å². The van der Waals surface area contributed by atoms with Crippen molar-refractivity contribution in [3.63, 3.8) is 0 Å². The number of amides is 1. The molecule has 1 N–H and O–H groups in total. The van der Waals surface area contributed by atoms with Gasteiger partial charge in [0.2, 0.25) is 5.89 Å². The monoisotopic (exact) mass is 381 g/mol. The van der Waals surface area contributed by atoms with Crippen molar-refractivity contribution in [1.29, 1.82) is 0 Å². The van der Waals surface area contributed by atoms with Gasteiger partial charge in [-0.3, -0.25) is 9.69 Å². The summed E-state index contributed by atoms with van der Waals surface area (Å²) >= 11 is 0. The number of rotatable bonds is 9. The van der Waals surface area contributed by atoms with Crippen LogP contribution in [-0.4, -0.2) is 22.3 Å². The van der Waals surface area contributed by atoms with E-state index >= 15 is 0 Å². The minimum Gasteiger partial charge on any atom is -0.468 e. The fourth-order valence-corrected chi connectivity index (χ4v) is 2.92. The third kappa shape index (κ3) is 5.33. The summed E-state index contributed by atoms with van der Waals surface area (Å²) in [5.74, 6) is 1.54. The molecule has 0 spiro atoms. The van der Waals surface area contributed by atoms with Gasteiger partial charge in [-0.25, -0.2) is 4.98 Å². The first-order valence-corrected chi connectivity index (χ1v) is 9.57. The third-order valence-electron chi connectivity index (χ3n) is 4.56. The first-order chi connectivity index (χ1) is 13.5. The third-order valence-corrected chi connectivity index (χ3v) is 4.56. The van der Waals surface area contributed by atoms with E-state index in [1.54, 1.807) is 6.26 Å². The van der Waals surface area contributed by atoms with Gasteiger partial charge in [-0.1, -0.05) is 44.2 Å². The molecule has 0 bridgehead atoms. The average molecular weight is 381 g/mol. The number of furan rings is 1. The zero-order valence-electron chi connectivity index (χ0n) is 16.6. The summed E-state index contributed by atoms with van der Waals surface area (Å²) in [6.45, 7) is 7.92. The number of hydrogen-bond donors (Lipinski definition) is 1. The molecule has 0 aliphatic rings. The molecule has 0 aliphatic carbocycles. The van der Waals surface area contributed by atoms with Crippen LogP contribution in [0.5, 0.6) is 0 Å². The van der Waals surface area contributed by atoms with Crippen molar-refractivity contribution in [1.82, 2.24) is 15.2 Å². The Labute approximate surface area is 165 Å². The normalized spacial score (nSPS) is 12.5. The quantitative estimate of drug-likeness (QED) is 0.594. The molecule has 0 aliphatic heterocycles. The zero-order valence-corrected chi connectivity index (χ0v) is 16.6. The van der Waals surface area contributed by atoms with Crippen LogP contribution in [0.4, 0.5) is 0 Å². The van der Waals surface area contributed by atoms with Crippen molar-refractivity contribution in [2.24, 2.45) is 5.92 Å². The molecule has 1 atom stereocenters. The Morgan fingerprint density at radius 2 is 1.86 bits per heavy atom. The molecule has 3 aromatic rings. The van der Waals surface area contributed by atoms with Crippen LogP contribution >= 0.6 is 0 Å². The standard InChI is InChI=1S/C22H27N3O3/c1-16(2)12-23-22(26)20-15-28-21(24-20)14-25(13-19-10-7-11-27-19)17(3)18-8-5-4-6-9-18/h4-11,15-17H,12-14H2,1-3H3,(H,23,26). The number of nitrogens with zero attached hydrogens (tertiary/aromatic N) is 2. The first-order valence-electron chi connectivity index (χ1n) is 9.57. The van der Waals surface area contributed by atoms with Crippen molar-refractivity contribution < 1.29 is 13.6 Å². The van der Waals surface area contributed by atoms with E-state index in [4.69, 9.17) is 8.83 Å². The van der Waals surface area contributed by atoms with Crippen molar-refractivity contribution in [2.45, 2.75) is 39.9 Å². The lowest BCUT2D eigenvalue weighted by atomic mass is 10.1. The van der Waals surface area contributed by atoms with Crippen LogP contribution < -0.4 is 5.32 Å². The van der Waals surface area contributed by atoms with Crippen molar-refractivity contribution in [3.8, 4) is 0 Å². The lowest BCUT2D eigenvalue weighted by molar-refractivity contribution is 0.0943. The van der Waals surface area contributed by atoms with Gasteiger partial charge in [-0.2, -0.15) is 0 Å². The number of aromatic nitrogens is 1. The second kappa shape index (κ2) is 9.37. The SMILES string of the molecule is CC(C)CNC(=O)c1coc(CN(Cc2ccco2)C(C)c2ccccc2)n1. The Morgan fingerprint density at radius 1 is 1.07 bits per heavy atom. The van der Waals surface area contributed by atoms with Crippen molar-refractivity contribution >= 4 is 5.91 Å². The Hall–Kier alpha value is -2.86. The Kier molecular flexibility index (Phi) is 6.66. The van der Waals surface area contributed by atoms with Crippen LogP contribution in [0.15, 0.2) is 63.8 Å². The summed E-state index contributed by atoms with van der Waals surface area (Å²) in [4.78, 5) is 18.8. The van der Waals surface area contributed by atoms with E-state index in [-0.39, 0.29) is 11.9 Å². The Morgan fingerprint density at radius 3 is 2.54 bits per heavy atom. The van der Waals surface area contributed by atoms with Gasteiger partial charge in [0.1, 0.15) is 12.0 Å². The molecule has 1 unspecified atom stereocenters. The van der Waals surface area contributed by atoms with Crippen LogP contribution in [0.3, 0.4) is 0 Å². The molecule has 148 valence electrons. The van der Waals surface area contributed by atoms with Gasteiger partial charge in [0.15, 0.2) is 5.69 Å². The highest BCUT2D eigenvalue weighted by atomic mass is 16.3. The highest BCUT2D eigenvalue weighted by molar-refractivity contribution is 5.91. The van der Waals surface area contributed by atoms with Crippen molar-refractivity contribution in [3.05, 3.63) is 77.9 Å². The van der Waals surface area contributed by atoms with Gasteiger partial charge < -0.3 is 14.2 Å². The van der Waals surface area contributed by atoms with E-state index in [2.05, 4.69) is 34.3 Å². The molecule has 2 aromatic heterocycles. The van der Waals surface area contributed by atoms with E-state index in [0.717, 1.165) is 5.76 Å².